The summed E-state index contributed by atoms with van der Waals surface area (Å²) in [5, 5.41) is 0. The third-order valence-corrected chi connectivity index (χ3v) is 4.33. The average Bonchev–Trinajstić information content (AvgIpc) is 2.29. The Labute approximate surface area is 114 Å². The van der Waals surface area contributed by atoms with E-state index in [1.807, 2.05) is 6.92 Å². The second-order valence-electron chi connectivity index (χ2n) is 6.04. The molecule has 0 amide bonds. The van der Waals surface area contributed by atoms with Gasteiger partial charge >= 0.3 is 5.97 Å². The van der Waals surface area contributed by atoms with Gasteiger partial charge in [0.2, 0.25) is 0 Å². The van der Waals surface area contributed by atoms with Crippen LogP contribution in [-0.4, -0.2) is 17.9 Å². The highest BCUT2D eigenvalue weighted by molar-refractivity contribution is 6.23. The minimum absolute atomic E-state index is 0.127. The van der Waals surface area contributed by atoms with Gasteiger partial charge in [-0.3, -0.25) is 4.79 Å². The summed E-state index contributed by atoms with van der Waals surface area (Å²) >= 11 is 0. The van der Waals surface area contributed by atoms with Gasteiger partial charge in [-0.2, -0.15) is 0 Å². The predicted molar refractivity (Wildman–Crippen MR) is 73.6 cm³/mol. The molecule has 0 radical (unpaired) electrons. The number of carbonyl (C=O) groups is 2. The van der Waals surface area contributed by atoms with Gasteiger partial charge in [0.05, 0.1) is 6.10 Å². The van der Waals surface area contributed by atoms with Gasteiger partial charge in [-0.05, 0) is 51.7 Å². The number of ketones is 1. The molecule has 2 aliphatic carbocycles. The normalized spacial score (nSPS) is 27.2. The van der Waals surface area contributed by atoms with E-state index in [9.17, 15) is 9.59 Å². The zero-order valence-electron chi connectivity index (χ0n) is 12.2. The van der Waals surface area contributed by atoms with E-state index < -0.39 is 5.97 Å². The molecule has 1 unspecified atom stereocenters. The summed E-state index contributed by atoms with van der Waals surface area (Å²) in [5.74, 6) is -0.635. The molecule has 0 N–H and O–H groups in total. The van der Waals surface area contributed by atoms with Crippen LogP contribution in [0.3, 0.4) is 0 Å². The van der Waals surface area contributed by atoms with Crippen LogP contribution >= 0.6 is 0 Å². The molecule has 0 saturated heterocycles. The SMILES string of the molecule is CC1=CC(=O)C(C(=O)OC(C)C)=C2CCCCC12C. The van der Waals surface area contributed by atoms with Gasteiger partial charge in [0.15, 0.2) is 5.78 Å². The first kappa shape index (κ1) is 14.0. The van der Waals surface area contributed by atoms with Crippen LogP contribution in [0.1, 0.15) is 53.4 Å². The number of rotatable bonds is 2. The topological polar surface area (TPSA) is 43.4 Å². The number of allylic oxidation sites excluding steroid dienone is 3. The molecule has 1 fully saturated rings. The van der Waals surface area contributed by atoms with Crippen molar-refractivity contribution in [2.45, 2.75) is 59.5 Å². The van der Waals surface area contributed by atoms with E-state index in [0.29, 0.717) is 5.57 Å². The molecule has 0 aliphatic heterocycles. The fourth-order valence-corrected chi connectivity index (χ4v) is 3.12. The lowest BCUT2D eigenvalue weighted by Crippen LogP contribution is -2.34. The summed E-state index contributed by atoms with van der Waals surface area (Å²) in [6.07, 6.45) is 5.45. The van der Waals surface area contributed by atoms with Gasteiger partial charge in [-0.1, -0.05) is 18.9 Å². The van der Waals surface area contributed by atoms with E-state index in [0.717, 1.165) is 36.8 Å². The Morgan fingerprint density at radius 1 is 1.37 bits per heavy atom. The Morgan fingerprint density at radius 3 is 2.68 bits per heavy atom. The standard InChI is InChI=1S/C16H22O3/c1-10(2)19-15(18)14-12-7-5-6-8-16(12,4)11(3)9-13(14)17/h9-10H,5-8H2,1-4H3. The highest BCUT2D eigenvalue weighted by Crippen LogP contribution is 2.49. The van der Waals surface area contributed by atoms with Crippen molar-refractivity contribution in [3.05, 3.63) is 22.8 Å². The lowest BCUT2D eigenvalue weighted by Gasteiger charge is -2.41. The minimum atomic E-state index is -0.452. The maximum absolute atomic E-state index is 12.2. The van der Waals surface area contributed by atoms with Crippen LogP contribution in [0.5, 0.6) is 0 Å². The van der Waals surface area contributed by atoms with E-state index in [1.165, 1.54) is 0 Å². The van der Waals surface area contributed by atoms with Crippen molar-refractivity contribution in [1.29, 1.82) is 0 Å². The Kier molecular flexibility index (Phi) is 3.66. The molecule has 3 nitrogen and oxygen atoms in total. The van der Waals surface area contributed by atoms with Crippen molar-refractivity contribution < 1.29 is 14.3 Å². The second kappa shape index (κ2) is 4.95. The summed E-state index contributed by atoms with van der Waals surface area (Å²) in [6.45, 7) is 7.74. The van der Waals surface area contributed by atoms with E-state index in [-0.39, 0.29) is 17.3 Å². The quantitative estimate of drug-likeness (QED) is 0.566. The fraction of sp³-hybridized carbons (Fsp3) is 0.625. The Hall–Kier alpha value is -1.38. The molecular weight excluding hydrogens is 240 g/mol. The van der Waals surface area contributed by atoms with Gasteiger partial charge < -0.3 is 4.74 Å². The molecule has 104 valence electrons. The van der Waals surface area contributed by atoms with E-state index in [1.54, 1.807) is 19.9 Å². The van der Waals surface area contributed by atoms with Crippen LogP contribution in [0, 0.1) is 5.41 Å². The molecule has 0 spiro atoms. The zero-order chi connectivity index (χ0) is 14.2. The molecule has 3 heteroatoms. The van der Waals surface area contributed by atoms with Crippen LogP contribution in [-0.2, 0) is 14.3 Å². The van der Waals surface area contributed by atoms with Crippen molar-refractivity contribution in [2.75, 3.05) is 0 Å². The third kappa shape index (κ3) is 2.38. The van der Waals surface area contributed by atoms with Gasteiger partial charge in [-0.15, -0.1) is 0 Å². The monoisotopic (exact) mass is 262 g/mol. The average molecular weight is 262 g/mol. The second-order valence-corrected chi connectivity index (χ2v) is 6.04. The van der Waals surface area contributed by atoms with Crippen LogP contribution < -0.4 is 0 Å². The van der Waals surface area contributed by atoms with E-state index in [4.69, 9.17) is 4.74 Å². The molecule has 1 saturated carbocycles. The summed E-state index contributed by atoms with van der Waals surface area (Å²) < 4.78 is 5.24. The van der Waals surface area contributed by atoms with Crippen molar-refractivity contribution >= 4 is 11.8 Å². The highest BCUT2D eigenvalue weighted by atomic mass is 16.5. The first-order valence-corrected chi connectivity index (χ1v) is 7.04. The molecule has 19 heavy (non-hydrogen) atoms. The molecule has 0 aromatic carbocycles. The number of ether oxygens (including phenoxy) is 1. The Morgan fingerprint density at radius 2 is 2.05 bits per heavy atom. The van der Waals surface area contributed by atoms with Gasteiger partial charge in [0.25, 0.3) is 0 Å². The molecule has 2 aliphatic rings. The minimum Gasteiger partial charge on any atom is -0.459 e. The molecule has 0 bridgehead atoms. The molecule has 1 atom stereocenters. The molecule has 2 rings (SSSR count). The van der Waals surface area contributed by atoms with E-state index >= 15 is 0 Å². The van der Waals surface area contributed by atoms with Crippen molar-refractivity contribution in [3.8, 4) is 0 Å². The van der Waals surface area contributed by atoms with E-state index in [2.05, 4.69) is 6.92 Å². The number of fused-ring (bicyclic) bond motifs is 1. The highest BCUT2D eigenvalue weighted by Gasteiger charge is 2.42. The molecular formula is C16H22O3. The van der Waals surface area contributed by atoms with Crippen LogP contribution in [0.4, 0.5) is 0 Å². The van der Waals surface area contributed by atoms with Crippen LogP contribution in [0.25, 0.3) is 0 Å². The molecule has 0 heterocycles. The Balaban J connectivity index is 2.46. The zero-order valence-corrected chi connectivity index (χ0v) is 12.2. The summed E-state index contributed by atoms with van der Waals surface area (Å²) in [5.41, 5.74) is 2.24. The lowest BCUT2D eigenvalue weighted by atomic mass is 9.63. The maximum Gasteiger partial charge on any atom is 0.342 e. The van der Waals surface area contributed by atoms with Gasteiger partial charge in [0, 0.05) is 5.41 Å². The smallest absolute Gasteiger partial charge is 0.342 e. The molecule has 0 aromatic rings. The predicted octanol–water partition coefficient (Wildman–Crippen LogP) is 3.34. The number of hydrogen-bond donors (Lipinski definition) is 0. The van der Waals surface area contributed by atoms with Crippen LogP contribution in [0.15, 0.2) is 22.8 Å². The summed E-state index contributed by atoms with van der Waals surface area (Å²) in [4.78, 5) is 24.4. The lowest BCUT2D eigenvalue weighted by molar-refractivity contribution is -0.143. The summed E-state index contributed by atoms with van der Waals surface area (Å²) in [6, 6.07) is 0. The third-order valence-electron chi connectivity index (χ3n) is 4.33. The van der Waals surface area contributed by atoms with Gasteiger partial charge in [0.1, 0.15) is 5.57 Å². The first-order valence-electron chi connectivity index (χ1n) is 7.04. The number of hydrogen-bond acceptors (Lipinski definition) is 3. The first-order chi connectivity index (χ1) is 8.86. The maximum atomic E-state index is 12.2. The van der Waals surface area contributed by atoms with Crippen molar-refractivity contribution in [1.82, 2.24) is 0 Å². The van der Waals surface area contributed by atoms with Crippen molar-refractivity contribution in [2.24, 2.45) is 5.41 Å². The Bertz CT molecular complexity index is 482. The largest absolute Gasteiger partial charge is 0.459 e. The number of carbonyl (C=O) groups excluding carboxylic acids is 2. The number of esters is 1. The fourth-order valence-electron chi connectivity index (χ4n) is 3.12. The van der Waals surface area contributed by atoms with Gasteiger partial charge in [-0.25, -0.2) is 4.79 Å². The molecule has 0 aromatic heterocycles. The van der Waals surface area contributed by atoms with Crippen molar-refractivity contribution in [3.63, 3.8) is 0 Å². The summed E-state index contributed by atoms with van der Waals surface area (Å²) in [7, 11) is 0. The van der Waals surface area contributed by atoms with Crippen LogP contribution in [0.2, 0.25) is 0 Å².